The third kappa shape index (κ3) is 2.69. The molecular formula is C15H23N3O3. The maximum atomic E-state index is 12.4. The molecule has 0 unspecified atom stereocenters. The summed E-state index contributed by atoms with van der Waals surface area (Å²) in [7, 11) is 0. The summed E-state index contributed by atoms with van der Waals surface area (Å²) in [5.41, 5.74) is 5.32. The molecule has 0 radical (unpaired) electrons. The van der Waals surface area contributed by atoms with Gasteiger partial charge in [-0.05, 0) is 25.7 Å². The number of rotatable bonds is 3. The van der Waals surface area contributed by atoms with Crippen LogP contribution in [0, 0.1) is 17.8 Å². The van der Waals surface area contributed by atoms with Gasteiger partial charge >= 0.3 is 0 Å². The van der Waals surface area contributed by atoms with Crippen molar-refractivity contribution in [1.82, 2.24) is 9.80 Å². The summed E-state index contributed by atoms with van der Waals surface area (Å²) in [6.07, 6.45) is 5.26. The summed E-state index contributed by atoms with van der Waals surface area (Å²) in [6, 6.07) is 0. The SMILES string of the molecule is NC(=O)C1CCN(CN2C(=O)[C@@H]3CCCC[C@H]3C2=O)CC1. The Hall–Kier alpha value is -1.43. The van der Waals surface area contributed by atoms with Crippen LogP contribution < -0.4 is 5.73 Å². The first-order valence-corrected chi connectivity index (χ1v) is 7.95. The quantitative estimate of drug-likeness (QED) is 0.759. The van der Waals surface area contributed by atoms with Gasteiger partial charge in [-0.25, -0.2) is 0 Å². The van der Waals surface area contributed by atoms with Crippen LogP contribution in [0.2, 0.25) is 0 Å². The van der Waals surface area contributed by atoms with Crippen molar-refractivity contribution in [2.75, 3.05) is 19.8 Å². The fourth-order valence-electron chi connectivity index (χ4n) is 3.93. The standard InChI is InChI=1S/C15H23N3O3/c16-13(19)10-5-7-17(8-6-10)9-18-14(20)11-3-1-2-4-12(11)15(18)21/h10-12H,1-9H2,(H2,16,19)/t11-,12-/m1/s1. The number of hydrogen-bond donors (Lipinski definition) is 1. The average Bonchev–Trinajstić information content (AvgIpc) is 2.73. The van der Waals surface area contributed by atoms with Gasteiger partial charge in [0, 0.05) is 19.0 Å². The molecule has 3 rings (SSSR count). The number of imide groups is 1. The van der Waals surface area contributed by atoms with Gasteiger partial charge in [0.05, 0.1) is 18.5 Å². The summed E-state index contributed by atoms with van der Waals surface area (Å²) in [4.78, 5) is 39.5. The van der Waals surface area contributed by atoms with E-state index in [2.05, 4.69) is 4.90 Å². The molecule has 116 valence electrons. The minimum atomic E-state index is -0.242. The number of primary amides is 1. The molecule has 0 spiro atoms. The molecule has 6 nitrogen and oxygen atoms in total. The molecule has 1 saturated carbocycles. The fourth-order valence-corrected chi connectivity index (χ4v) is 3.93. The molecule has 2 N–H and O–H groups in total. The first-order valence-electron chi connectivity index (χ1n) is 7.95. The second kappa shape index (κ2) is 5.75. The summed E-state index contributed by atoms with van der Waals surface area (Å²) in [5, 5.41) is 0. The summed E-state index contributed by atoms with van der Waals surface area (Å²) in [5.74, 6) is -0.421. The number of carbonyl (C=O) groups is 3. The Bertz CT molecular complexity index is 433. The van der Waals surface area contributed by atoms with E-state index in [-0.39, 0.29) is 35.5 Å². The molecule has 2 atom stereocenters. The van der Waals surface area contributed by atoms with E-state index in [9.17, 15) is 14.4 Å². The average molecular weight is 293 g/mol. The van der Waals surface area contributed by atoms with Crippen molar-refractivity contribution in [3.63, 3.8) is 0 Å². The third-order valence-corrected chi connectivity index (χ3v) is 5.26. The number of carbonyl (C=O) groups excluding carboxylic acids is 3. The molecule has 2 aliphatic heterocycles. The van der Waals surface area contributed by atoms with E-state index in [0.717, 1.165) is 51.6 Å². The van der Waals surface area contributed by atoms with Crippen molar-refractivity contribution in [1.29, 1.82) is 0 Å². The lowest BCUT2D eigenvalue weighted by atomic mass is 9.81. The topological polar surface area (TPSA) is 83.7 Å². The van der Waals surface area contributed by atoms with E-state index in [1.165, 1.54) is 4.90 Å². The van der Waals surface area contributed by atoms with Gasteiger partial charge in [0.25, 0.3) is 0 Å². The lowest BCUT2D eigenvalue weighted by molar-refractivity contribution is -0.143. The van der Waals surface area contributed by atoms with E-state index in [1.54, 1.807) is 0 Å². The zero-order valence-corrected chi connectivity index (χ0v) is 12.3. The Balaban J connectivity index is 1.59. The zero-order valence-electron chi connectivity index (χ0n) is 12.3. The number of nitrogens with zero attached hydrogens (tertiary/aromatic N) is 2. The van der Waals surface area contributed by atoms with E-state index in [0.29, 0.717) is 6.67 Å². The third-order valence-electron chi connectivity index (χ3n) is 5.26. The molecule has 0 bridgehead atoms. The van der Waals surface area contributed by atoms with Gasteiger partial charge in [-0.1, -0.05) is 12.8 Å². The van der Waals surface area contributed by atoms with Gasteiger partial charge in [0.1, 0.15) is 0 Å². The molecule has 0 aromatic heterocycles. The second-order valence-corrected chi connectivity index (χ2v) is 6.54. The minimum Gasteiger partial charge on any atom is -0.369 e. The van der Waals surface area contributed by atoms with Crippen molar-refractivity contribution in [2.24, 2.45) is 23.5 Å². The summed E-state index contributed by atoms with van der Waals surface area (Å²) in [6.45, 7) is 1.83. The van der Waals surface area contributed by atoms with Gasteiger partial charge in [-0.2, -0.15) is 0 Å². The predicted molar refractivity (Wildman–Crippen MR) is 75.7 cm³/mol. The Morgan fingerprint density at radius 2 is 1.52 bits per heavy atom. The van der Waals surface area contributed by atoms with Crippen LogP contribution in [0.5, 0.6) is 0 Å². The van der Waals surface area contributed by atoms with Crippen LogP contribution in [-0.4, -0.2) is 47.3 Å². The Kier molecular flexibility index (Phi) is 3.97. The Morgan fingerprint density at radius 1 is 1.00 bits per heavy atom. The van der Waals surface area contributed by atoms with E-state index >= 15 is 0 Å². The molecule has 3 fully saturated rings. The monoisotopic (exact) mass is 293 g/mol. The molecular weight excluding hydrogens is 270 g/mol. The van der Waals surface area contributed by atoms with Gasteiger partial charge in [-0.3, -0.25) is 24.2 Å². The van der Waals surface area contributed by atoms with Crippen LogP contribution in [0.1, 0.15) is 38.5 Å². The maximum absolute atomic E-state index is 12.4. The Labute approximate surface area is 124 Å². The van der Waals surface area contributed by atoms with Crippen molar-refractivity contribution in [3.8, 4) is 0 Å². The first-order chi connectivity index (χ1) is 10.1. The number of hydrogen-bond acceptors (Lipinski definition) is 4. The van der Waals surface area contributed by atoms with Crippen molar-refractivity contribution >= 4 is 17.7 Å². The van der Waals surface area contributed by atoms with Crippen LogP contribution in [0.4, 0.5) is 0 Å². The predicted octanol–water partition coefficient (Wildman–Crippen LogP) is 0.316. The largest absolute Gasteiger partial charge is 0.369 e. The van der Waals surface area contributed by atoms with Crippen molar-refractivity contribution in [2.45, 2.75) is 38.5 Å². The number of fused-ring (bicyclic) bond motifs is 1. The van der Waals surface area contributed by atoms with Crippen LogP contribution in [0.15, 0.2) is 0 Å². The zero-order chi connectivity index (χ0) is 15.0. The maximum Gasteiger partial charge on any atom is 0.234 e. The van der Waals surface area contributed by atoms with Crippen LogP contribution in [0.25, 0.3) is 0 Å². The van der Waals surface area contributed by atoms with Crippen LogP contribution >= 0.6 is 0 Å². The van der Waals surface area contributed by atoms with Crippen molar-refractivity contribution in [3.05, 3.63) is 0 Å². The van der Waals surface area contributed by atoms with Crippen molar-refractivity contribution < 1.29 is 14.4 Å². The number of nitrogens with two attached hydrogens (primary N) is 1. The highest BCUT2D eigenvalue weighted by atomic mass is 16.2. The Morgan fingerprint density at radius 3 is 2.00 bits per heavy atom. The first kappa shape index (κ1) is 14.5. The highest BCUT2D eigenvalue weighted by Gasteiger charge is 2.48. The molecule has 3 amide bonds. The molecule has 2 saturated heterocycles. The number of piperidine rings is 1. The summed E-state index contributed by atoms with van der Waals surface area (Å²) < 4.78 is 0. The lowest BCUT2D eigenvalue weighted by Crippen LogP contribution is -2.46. The number of likely N-dealkylation sites (tertiary alicyclic amines) is 2. The van der Waals surface area contributed by atoms with E-state index < -0.39 is 0 Å². The van der Waals surface area contributed by atoms with Gasteiger partial charge in [0.15, 0.2) is 0 Å². The molecule has 0 aromatic carbocycles. The lowest BCUT2D eigenvalue weighted by Gasteiger charge is -2.32. The molecule has 3 aliphatic rings. The van der Waals surface area contributed by atoms with Gasteiger partial charge in [-0.15, -0.1) is 0 Å². The van der Waals surface area contributed by atoms with Gasteiger partial charge in [0.2, 0.25) is 17.7 Å². The van der Waals surface area contributed by atoms with Crippen LogP contribution in [0.3, 0.4) is 0 Å². The van der Waals surface area contributed by atoms with E-state index in [4.69, 9.17) is 5.73 Å². The fraction of sp³-hybridized carbons (Fsp3) is 0.800. The molecule has 1 aliphatic carbocycles. The highest BCUT2D eigenvalue weighted by Crippen LogP contribution is 2.38. The van der Waals surface area contributed by atoms with E-state index in [1.807, 2.05) is 0 Å². The normalized spacial score (nSPS) is 31.5. The highest BCUT2D eigenvalue weighted by molar-refractivity contribution is 6.05. The summed E-state index contributed by atoms with van der Waals surface area (Å²) >= 11 is 0. The molecule has 2 heterocycles. The molecule has 6 heteroatoms. The molecule has 0 aromatic rings. The number of amides is 3. The molecule has 21 heavy (non-hydrogen) atoms. The van der Waals surface area contributed by atoms with Gasteiger partial charge < -0.3 is 5.73 Å². The minimum absolute atomic E-state index is 0.0155. The second-order valence-electron chi connectivity index (χ2n) is 6.54. The smallest absolute Gasteiger partial charge is 0.234 e. The van der Waals surface area contributed by atoms with Crippen LogP contribution in [-0.2, 0) is 14.4 Å².